The number of carbonyl (C=O) groups is 1. The number of carbonyl (C=O) groups excluding carboxylic acids is 1. The summed E-state index contributed by atoms with van der Waals surface area (Å²) in [6, 6.07) is 8.87. The molecule has 1 unspecified atom stereocenters. The molecule has 30 heavy (non-hydrogen) atoms. The third-order valence-corrected chi connectivity index (χ3v) is 8.71. The second-order valence-electron chi connectivity index (χ2n) is 11.2. The maximum atomic E-state index is 13.9. The Morgan fingerprint density at radius 2 is 1.73 bits per heavy atom. The van der Waals surface area contributed by atoms with Gasteiger partial charge in [0.15, 0.2) is 0 Å². The Balaban J connectivity index is 1.29. The molecule has 4 bridgehead atoms. The number of hydrogen-bond donors (Lipinski definition) is 0. The van der Waals surface area contributed by atoms with Crippen molar-refractivity contribution >= 4 is 16.9 Å². The monoisotopic (exact) mass is 405 g/mol. The van der Waals surface area contributed by atoms with Gasteiger partial charge in [0.25, 0.3) is 0 Å². The molecule has 5 aliphatic rings. The molecule has 7 rings (SSSR count). The highest BCUT2D eigenvalue weighted by atomic mass is 16.2. The zero-order chi connectivity index (χ0) is 20.5. The van der Waals surface area contributed by atoms with Gasteiger partial charge in [0.1, 0.15) is 5.82 Å². The first-order chi connectivity index (χ1) is 14.5. The molecule has 1 saturated heterocycles. The predicted molar refractivity (Wildman–Crippen MR) is 119 cm³/mol. The van der Waals surface area contributed by atoms with Crippen molar-refractivity contribution in [2.24, 2.45) is 23.2 Å². The summed E-state index contributed by atoms with van der Waals surface area (Å²) in [5.74, 6) is 4.52. The summed E-state index contributed by atoms with van der Waals surface area (Å²) in [5.41, 5.74) is 2.30. The number of amides is 1. The number of hydrogen-bond acceptors (Lipinski definition) is 2. The minimum Gasteiger partial charge on any atom is -0.341 e. The van der Waals surface area contributed by atoms with Crippen molar-refractivity contribution in [2.45, 2.75) is 77.2 Å². The Morgan fingerprint density at radius 1 is 1.07 bits per heavy atom. The van der Waals surface area contributed by atoms with Crippen molar-refractivity contribution in [3.63, 3.8) is 0 Å². The van der Waals surface area contributed by atoms with E-state index in [1.807, 2.05) is 0 Å². The maximum Gasteiger partial charge on any atom is 0.228 e. The minimum atomic E-state index is -0.0190. The van der Waals surface area contributed by atoms with E-state index in [2.05, 4.69) is 47.6 Å². The van der Waals surface area contributed by atoms with Gasteiger partial charge in [-0.15, -0.1) is 0 Å². The number of para-hydroxylation sites is 2. The topological polar surface area (TPSA) is 38.1 Å². The third-order valence-electron chi connectivity index (χ3n) is 8.71. The van der Waals surface area contributed by atoms with E-state index in [1.165, 1.54) is 49.9 Å². The summed E-state index contributed by atoms with van der Waals surface area (Å²) >= 11 is 0. The van der Waals surface area contributed by atoms with Crippen LogP contribution in [0.3, 0.4) is 0 Å². The standard InChI is InChI=1S/C26H35N3O/c1-17(2)29-23-8-4-3-7-22(23)27-24(29)21-6-5-9-28(16-21)25(30)26-13-18-10-19(14-26)12-20(11-18)15-26/h3-4,7-8,17-21H,5-6,9-16H2,1-2H3. The molecule has 2 heterocycles. The van der Waals surface area contributed by atoms with Crippen LogP contribution in [-0.2, 0) is 4.79 Å². The van der Waals surface area contributed by atoms with E-state index in [1.54, 1.807) is 0 Å². The lowest BCUT2D eigenvalue weighted by atomic mass is 9.49. The normalized spacial score (nSPS) is 35.5. The van der Waals surface area contributed by atoms with Crippen LogP contribution in [-0.4, -0.2) is 33.4 Å². The van der Waals surface area contributed by atoms with E-state index in [0.29, 0.717) is 17.9 Å². The van der Waals surface area contributed by atoms with E-state index in [-0.39, 0.29) is 5.41 Å². The number of piperidine rings is 1. The number of fused-ring (bicyclic) bond motifs is 1. The minimum absolute atomic E-state index is 0.0190. The number of benzene rings is 1. The van der Waals surface area contributed by atoms with Gasteiger partial charge in [-0.1, -0.05) is 12.1 Å². The summed E-state index contributed by atoms with van der Waals surface area (Å²) in [5, 5.41) is 0. The molecule has 1 atom stereocenters. The first kappa shape index (κ1) is 18.9. The first-order valence-corrected chi connectivity index (χ1v) is 12.3. The van der Waals surface area contributed by atoms with Crippen LogP contribution < -0.4 is 0 Å². The zero-order valence-corrected chi connectivity index (χ0v) is 18.5. The fourth-order valence-corrected chi connectivity index (χ4v) is 7.97. The average Bonchev–Trinajstić information content (AvgIpc) is 3.12. The lowest BCUT2D eigenvalue weighted by molar-refractivity contribution is -0.159. The van der Waals surface area contributed by atoms with Crippen LogP contribution in [0.1, 0.15) is 83.0 Å². The molecule has 4 nitrogen and oxygen atoms in total. The Morgan fingerprint density at radius 3 is 2.40 bits per heavy atom. The molecule has 1 aromatic carbocycles. The van der Waals surface area contributed by atoms with Crippen LogP contribution in [0.4, 0.5) is 0 Å². The van der Waals surface area contributed by atoms with Gasteiger partial charge in [-0.05, 0) is 95.1 Å². The lowest BCUT2D eigenvalue weighted by Gasteiger charge is -2.57. The smallest absolute Gasteiger partial charge is 0.228 e. The summed E-state index contributed by atoms with van der Waals surface area (Å²) in [6.07, 6.45) is 9.94. The van der Waals surface area contributed by atoms with Gasteiger partial charge < -0.3 is 9.47 Å². The average molecular weight is 406 g/mol. The molecule has 2 aromatic rings. The van der Waals surface area contributed by atoms with Crippen molar-refractivity contribution in [3.05, 3.63) is 30.1 Å². The Labute approximate surface area is 180 Å². The van der Waals surface area contributed by atoms with E-state index in [4.69, 9.17) is 4.98 Å². The predicted octanol–water partition coefficient (Wildman–Crippen LogP) is 5.54. The van der Waals surface area contributed by atoms with Crippen molar-refractivity contribution < 1.29 is 4.79 Å². The van der Waals surface area contributed by atoms with E-state index in [0.717, 1.165) is 49.2 Å². The van der Waals surface area contributed by atoms with Crippen LogP contribution in [0, 0.1) is 23.2 Å². The molecule has 4 aliphatic carbocycles. The van der Waals surface area contributed by atoms with Crippen molar-refractivity contribution in [3.8, 4) is 0 Å². The Hall–Kier alpha value is -1.84. The van der Waals surface area contributed by atoms with E-state index >= 15 is 0 Å². The Bertz CT molecular complexity index is 939. The highest BCUT2D eigenvalue weighted by Crippen LogP contribution is 2.60. The molecular weight excluding hydrogens is 370 g/mol. The van der Waals surface area contributed by atoms with Crippen molar-refractivity contribution in [2.75, 3.05) is 13.1 Å². The van der Waals surface area contributed by atoms with Gasteiger partial charge in [0, 0.05) is 25.0 Å². The molecule has 0 spiro atoms. The zero-order valence-electron chi connectivity index (χ0n) is 18.5. The van der Waals surface area contributed by atoms with Crippen LogP contribution in [0.2, 0.25) is 0 Å². The van der Waals surface area contributed by atoms with Gasteiger partial charge in [-0.3, -0.25) is 4.79 Å². The molecule has 0 radical (unpaired) electrons. The second-order valence-corrected chi connectivity index (χ2v) is 11.2. The molecule has 1 amide bonds. The van der Waals surface area contributed by atoms with Crippen LogP contribution in [0.15, 0.2) is 24.3 Å². The molecule has 5 fully saturated rings. The number of imidazole rings is 1. The summed E-state index contributed by atoms with van der Waals surface area (Å²) in [7, 11) is 0. The van der Waals surface area contributed by atoms with Crippen LogP contribution in [0.25, 0.3) is 11.0 Å². The quantitative estimate of drug-likeness (QED) is 0.672. The highest BCUT2D eigenvalue weighted by molar-refractivity contribution is 5.83. The SMILES string of the molecule is CC(C)n1c(C2CCCN(C(=O)C34CC5CC(CC(C5)C3)C4)C2)nc2ccccc21. The van der Waals surface area contributed by atoms with Gasteiger partial charge in [0.05, 0.1) is 16.4 Å². The molecule has 4 saturated carbocycles. The van der Waals surface area contributed by atoms with E-state index in [9.17, 15) is 4.79 Å². The van der Waals surface area contributed by atoms with Crippen LogP contribution >= 0.6 is 0 Å². The number of aromatic nitrogens is 2. The molecular formula is C26H35N3O. The summed E-state index contributed by atoms with van der Waals surface area (Å²) in [6.45, 7) is 6.30. The van der Waals surface area contributed by atoms with Crippen molar-refractivity contribution in [1.82, 2.24) is 14.5 Å². The highest BCUT2D eigenvalue weighted by Gasteiger charge is 2.55. The first-order valence-electron chi connectivity index (χ1n) is 12.3. The summed E-state index contributed by atoms with van der Waals surface area (Å²) < 4.78 is 2.42. The molecule has 1 aromatic heterocycles. The number of likely N-dealkylation sites (tertiary alicyclic amines) is 1. The fourth-order valence-electron chi connectivity index (χ4n) is 7.97. The maximum absolute atomic E-state index is 13.9. The summed E-state index contributed by atoms with van der Waals surface area (Å²) in [4.78, 5) is 21.2. The number of rotatable bonds is 3. The van der Waals surface area contributed by atoms with E-state index < -0.39 is 0 Å². The van der Waals surface area contributed by atoms with Gasteiger partial charge in [-0.25, -0.2) is 4.98 Å². The fraction of sp³-hybridized carbons (Fsp3) is 0.692. The Kier molecular flexibility index (Phi) is 4.30. The number of nitrogens with zero attached hydrogens (tertiary/aromatic N) is 3. The van der Waals surface area contributed by atoms with Gasteiger partial charge in [0.2, 0.25) is 5.91 Å². The van der Waals surface area contributed by atoms with Crippen molar-refractivity contribution in [1.29, 1.82) is 0 Å². The van der Waals surface area contributed by atoms with Gasteiger partial charge in [-0.2, -0.15) is 0 Å². The third kappa shape index (κ3) is 2.85. The lowest BCUT2D eigenvalue weighted by Crippen LogP contribution is -2.56. The largest absolute Gasteiger partial charge is 0.341 e. The second kappa shape index (κ2) is 6.83. The molecule has 4 heteroatoms. The molecule has 160 valence electrons. The molecule has 1 aliphatic heterocycles. The van der Waals surface area contributed by atoms with Crippen LogP contribution in [0.5, 0.6) is 0 Å². The molecule has 0 N–H and O–H groups in total. The van der Waals surface area contributed by atoms with Gasteiger partial charge >= 0.3 is 0 Å².